The summed E-state index contributed by atoms with van der Waals surface area (Å²) in [5.74, 6) is 1.38. The van der Waals surface area contributed by atoms with Crippen LogP contribution in [0.15, 0.2) is 18.2 Å². The molecule has 1 atom stereocenters. The van der Waals surface area contributed by atoms with Gasteiger partial charge in [-0.1, -0.05) is 0 Å². The summed E-state index contributed by atoms with van der Waals surface area (Å²) in [6.45, 7) is 3.02. The van der Waals surface area contributed by atoms with E-state index in [9.17, 15) is 9.59 Å². The Hall–Kier alpha value is -2.64. The SMILES string of the molecule is COC(=O)N1CCC(NC(=O)N[C@H](C)c2cc(OC)ccc2OC)CC1. The molecule has 1 aliphatic heterocycles. The minimum absolute atomic E-state index is 0.0234. The zero-order chi connectivity index (χ0) is 19.1. The molecule has 0 aromatic heterocycles. The van der Waals surface area contributed by atoms with Crippen LogP contribution in [0.5, 0.6) is 11.5 Å². The monoisotopic (exact) mass is 365 g/mol. The van der Waals surface area contributed by atoms with E-state index in [-0.39, 0.29) is 24.2 Å². The molecule has 1 aromatic carbocycles. The number of piperidine rings is 1. The summed E-state index contributed by atoms with van der Waals surface area (Å²) in [5, 5.41) is 5.89. The highest BCUT2D eigenvalue weighted by molar-refractivity contribution is 5.75. The second-order valence-electron chi connectivity index (χ2n) is 6.18. The van der Waals surface area contributed by atoms with Gasteiger partial charge in [0.25, 0.3) is 0 Å². The summed E-state index contributed by atoms with van der Waals surface area (Å²) in [7, 11) is 4.55. The van der Waals surface area contributed by atoms with Gasteiger partial charge in [0.2, 0.25) is 0 Å². The minimum atomic E-state index is -0.327. The van der Waals surface area contributed by atoms with E-state index >= 15 is 0 Å². The molecule has 144 valence electrons. The number of carbonyl (C=O) groups excluding carboxylic acids is 2. The Labute approximate surface area is 153 Å². The average Bonchev–Trinajstić information content (AvgIpc) is 2.67. The molecule has 2 rings (SSSR count). The maximum Gasteiger partial charge on any atom is 0.409 e. The van der Waals surface area contributed by atoms with Crippen molar-refractivity contribution >= 4 is 12.1 Å². The first-order chi connectivity index (χ1) is 12.5. The summed E-state index contributed by atoms with van der Waals surface area (Å²) in [4.78, 5) is 25.5. The van der Waals surface area contributed by atoms with E-state index in [1.54, 1.807) is 19.1 Å². The zero-order valence-corrected chi connectivity index (χ0v) is 15.7. The lowest BCUT2D eigenvalue weighted by Gasteiger charge is -2.31. The average molecular weight is 365 g/mol. The predicted octanol–water partition coefficient (Wildman–Crippen LogP) is 2.29. The van der Waals surface area contributed by atoms with Gasteiger partial charge in [-0.3, -0.25) is 0 Å². The minimum Gasteiger partial charge on any atom is -0.497 e. The van der Waals surface area contributed by atoms with Gasteiger partial charge in [-0.25, -0.2) is 9.59 Å². The highest BCUT2D eigenvalue weighted by Crippen LogP contribution is 2.29. The number of nitrogens with one attached hydrogen (secondary N) is 2. The predicted molar refractivity (Wildman–Crippen MR) is 96.6 cm³/mol. The van der Waals surface area contributed by atoms with Crippen LogP contribution in [-0.2, 0) is 4.74 Å². The number of benzene rings is 1. The maximum atomic E-state index is 12.3. The first kappa shape index (κ1) is 19.7. The van der Waals surface area contributed by atoms with E-state index in [0.29, 0.717) is 37.4 Å². The number of hydrogen-bond acceptors (Lipinski definition) is 5. The van der Waals surface area contributed by atoms with Crippen molar-refractivity contribution in [2.75, 3.05) is 34.4 Å². The molecular weight excluding hydrogens is 338 g/mol. The van der Waals surface area contributed by atoms with E-state index in [4.69, 9.17) is 14.2 Å². The number of amides is 3. The van der Waals surface area contributed by atoms with Crippen LogP contribution in [-0.4, -0.2) is 57.5 Å². The molecular formula is C18H27N3O5. The van der Waals surface area contributed by atoms with Gasteiger partial charge < -0.3 is 29.7 Å². The molecule has 26 heavy (non-hydrogen) atoms. The second kappa shape index (κ2) is 9.17. The van der Waals surface area contributed by atoms with Gasteiger partial charge in [0.05, 0.1) is 27.4 Å². The van der Waals surface area contributed by atoms with Gasteiger partial charge in [-0.15, -0.1) is 0 Å². The molecule has 0 aliphatic carbocycles. The standard InChI is InChI=1S/C18H27N3O5/c1-12(15-11-14(24-2)5-6-16(15)25-3)19-17(22)20-13-7-9-21(10-8-13)18(23)26-4/h5-6,11-13H,7-10H2,1-4H3,(H2,19,20,22)/t12-/m1/s1. The number of carbonyl (C=O) groups is 2. The number of urea groups is 1. The van der Waals surface area contributed by atoms with Gasteiger partial charge in [-0.2, -0.15) is 0 Å². The van der Waals surface area contributed by atoms with E-state index < -0.39 is 0 Å². The molecule has 0 bridgehead atoms. The Kier molecular flexibility index (Phi) is 6.94. The van der Waals surface area contributed by atoms with Crippen molar-refractivity contribution in [3.63, 3.8) is 0 Å². The molecule has 1 aliphatic rings. The number of ether oxygens (including phenoxy) is 3. The van der Waals surface area contributed by atoms with Crippen molar-refractivity contribution in [1.82, 2.24) is 15.5 Å². The lowest BCUT2D eigenvalue weighted by atomic mass is 10.1. The molecule has 1 fully saturated rings. The van der Waals surface area contributed by atoms with Gasteiger partial charge in [0, 0.05) is 24.7 Å². The third kappa shape index (κ3) is 4.93. The van der Waals surface area contributed by atoms with E-state index in [0.717, 1.165) is 5.56 Å². The van der Waals surface area contributed by atoms with Crippen molar-refractivity contribution in [3.8, 4) is 11.5 Å². The highest BCUT2D eigenvalue weighted by Gasteiger charge is 2.25. The van der Waals surface area contributed by atoms with Crippen molar-refractivity contribution in [2.24, 2.45) is 0 Å². The van der Waals surface area contributed by atoms with Crippen molar-refractivity contribution in [2.45, 2.75) is 31.8 Å². The molecule has 8 nitrogen and oxygen atoms in total. The number of rotatable bonds is 5. The highest BCUT2D eigenvalue weighted by atomic mass is 16.5. The van der Waals surface area contributed by atoms with Crippen molar-refractivity contribution in [1.29, 1.82) is 0 Å². The zero-order valence-electron chi connectivity index (χ0n) is 15.7. The van der Waals surface area contributed by atoms with Crippen LogP contribution in [0.3, 0.4) is 0 Å². The van der Waals surface area contributed by atoms with E-state index in [1.807, 2.05) is 25.1 Å². The Bertz CT molecular complexity index is 629. The summed E-state index contributed by atoms with van der Waals surface area (Å²) in [6, 6.07) is 4.99. The van der Waals surface area contributed by atoms with E-state index in [1.165, 1.54) is 7.11 Å². The Morgan fingerprint density at radius 2 is 1.85 bits per heavy atom. The number of nitrogens with zero attached hydrogens (tertiary/aromatic N) is 1. The first-order valence-corrected chi connectivity index (χ1v) is 8.60. The molecule has 1 saturated heterocycles. The fraction of sp³-hybridized carbons (Fsp3) is 0.556. The third-order valence-electron chi connectivity index (χ3n) is 4.51. The van der Waals surface area contributed by atoms with Crippen LogP contribution in [0.2, 0.25) is 0 Å². The van der Waals surface area contributed by atoms with Crippen LogP contribution in [0.1, 0.15) is 31.4 Å². The molecule has 1 heterocycles. The lowest BCUT2D eigenvalue weighted by molar-refractivity contribution is 0.110. The van der Waals surface area contributed by atoms with Gasteiger partial charge in [0.1, 0.15) is 11.5 Å². The Balaban J connectivity index is 1.89. The fourth-order valence-electron chi connectivity index (χ4n) is 3.01. The molecule has 8 heteroatoms. The van der Waals surface area contributed by atoms with Crippen LogP contribution in [0, 0.1) is 0 Å². The molecule has 0 spiro atoms. The van der Waals surface area contributed by atoms with Gasteiger partial charge in [0.15, 0.2) is 0 Å². The molecule has 1 aromatic rings. The molecule has 0 unspecified atom stereocenters. The Morgan fingerprint density at radius 3 is 2.42 bits per heavy atom. The van der Waals surface area contributed by atoms with Crippen LogP contribution >= 0.6 is 0 Å². The quantitative estimate of drug-likeness (QED) is 0.836. The summed E-state index contributed by atoms with van der Waals surface area (Å²) in [6.07, 6.45) is 1.06. The molecule has 3 amide bonds. The topological polar surface area (TPSA) is 89.1 Å². The number of hydrogen-bond donors (Lipinski definition) is 2. The first-order valence-electron chi connectivity index (χ1n) is 8.60. The van der Waals surface area contributed by atoms with Gasteiger partial charge in [-0.05, 0) is 38.0 Å². The van der Waals surface area contributed by atoms with Crippen molar-refractivity contribution < 1.29 is 23.8 Å². The van der Waals surface area contributed by atoms with Crippen LogP contribution < -0.4 is 20.1 Å². The van der Waals surface area contributed by atoms with Crippen molar-refractivity contribution in [3.05, 3.63) is 23.8 Å². The Morgan fingerprint density at radius 1 is 1.15 bits per heavy atom. The smallest absolute Gasteiger partial charge is 0.409 e. The maximum absolute atomic E-state index is 12.3. The van der Waals surface area contributed by atoms with Crippen LogP contribution in [0.25, 0.3) is 0 Å². The van der Waals surface area contributed by atoms with Crippen LogP contribution in [0.4, 0.5) is 9.59 Å². The fourth-order valence-corrected chi connectivity index (χ4v) is 3.01. The van der Waals surface area contributed by atoms with E-state index in [2.05, 4.69) is 10.6 Å². The largest absolute Gasteiger partial charge is 0.497 e. The lowest BCUT2D eigenvalue weighted by Crippen LogP contribution is -2.49. The van der Waals surface area contributed by atoms with Gasteiger partial charge >= 0.3 is 12.1 Å². The summed E-state index contributed by atoms with van der Waals surface area (Å²) < 4.78 is 15.3. The number of likely N-dealkylation sites (tertiary alicyclic amines) is 1. The molecule has 0 radical (unpaired) electrons. The number of methoxy groups -OCH3 is 3. The second-order valence-corrected chi connectivity index (χ2v) is 6.18. The molecule has 0 saturated carbocycles. The normalized spacial score (nSPS) is 15.8. The summed E-state index contributed by atoms with van der Waals surface area (Å²) >= 11 is 0. The third-order valence-corrected chi connectivity index (χ3v) is 4.51. The molecule has 2 N–H and O–H groups in total. The summed E-state index contributed by atoms with van der Waals surface area (Å²) in [5.41, 5.74) is 0.836.